The van der Waals surface area contributed by atoms with Gasteiger partial charge in [-0.25, -0.2) is 4.98 Å². The SMILES string of the molecule is Cc1ccccc1N(C)c1cc(C#N)c2ccccc2n1. The molecule has 3 rings (SSSR count). The molecule has 3 heteroatoms. The van der Waals surface area contributed by atoms with Crippen LogP contribution in [0.4, 0.5) is 11.5 Å². The lowest BCUT2D eigenvalue weighted by molar-refractivity contribution is 1.13. The zero-order valence-corrected chi connectivity index (χ0v) is 12.0. The summed E-state index contributed by atoms with van der Waals surface area (Å²) >= 11 is 0. The van der Waals surface area contributed by atoms with Crippen molar-refractivity contribution in [1.29, 1.82) is 5.26 Å². The third-order valence-electron chi connectivity index (χ3n) is 3.64. The number of anilines is 2. The van der Waals surface area contributed by atoms with Crippen molar-refractivity contribution < 1.29 is 0 Å². The molecule has 0 N–H and O–H groups in total. The number of rotatable bonds is 2. The fourth-order valence-electron chi connectivity index (χ4n) is 2.49. The molecule has 102 valence electrons. The number of benzene rings is 2. The molecule has 1 aromatic heterocycles. The maximum absolute atomic E-state index is 9.37. The summed E-state index contributed by atoms with van der Waals surface area (Å²) in [5.41, 5.74) is 3.75. The molecule has 0 saturated heterocycles. The van der Waals surface area contributed by atoms with E-state index in [9.17, 15) is 5.26 Å². The number of nitrogens with zero attached hydrogens (tertiary/aromatic N) is 3. The first-order valence-corrected chi connectivity index (χ1v) is 6.80. The van der Waals surface area contributed by atoms with Crippen LogP contribution < -0.4 is 4.90 Å². The molecule has 0 bridgehead atoms. The maximum Gasteiger partial charge on any atom is 0.134 e. The van der Waals surface area contributed by atoms with E-state index in [1.807, 2.05) is 54.4 Å². The number of pyridine rings is 1. The summed E-state index contributed by atoms with van der Waals surface area (Å²) in [7, 11) is 1.97. The van der Waals surface area contributed by atoms with Gasteiger partial charge in [-0.3, -0.25) is 0 Å². The Hall–Kier alpha value is -2.86. The molecule has 21 heavy (non-hydrogen) atoms. The van der Waals surface area contributed by atoms with E-state index in [0.717, 1.165) is 22.4 Å². The Morgan fingerprint density at radius 3 is 2.52 bits per heavy atom. The summed E-state index contributed by atoms with van der Waals surface area (Å²) in [6.45, 7) is 2.07. The summed E-state index contributed by atoms with van der Waals surface area (Å²) in [5, 5.41) is 10.3. The van der Waals surface area contributed by atoms with Gasteiger partial charge in [-0.05, 0) is 30.7 Å². The van der Waals surface area contributed by atoms with E-state index < -0.39 is 0 Å². The standard InChI is InChI=1S/C18H15N3/c1-13-7-3-6-10-17(13)21(2)18-11-14(12-19)15-8-4-5-9-16(15)20-18/h3-11H,1-2H3. The second kappa shape index (κ2) is 5.26. The summed E-state index contributed by atoms with van der Waals surface area (Å²) in [6.07, 6.45) is 0. The molecule has 3 aromatic rings. The van der Waals surface area contributed by atoms with Crippen molar-refractivity contribution in [3.8, 4) is 6.07 Å². The van der Waals surface area contributed by atoms with Gasteiger partial charge < -0.3 is 4.90 Å². The largest absolute Gasteiger partial charge is 0.329 e. The van der Waals surface area contributed by atoms with Gasteiger partial charge in [0, 0.05) is 18.1 Å². The van der Waals surface area contributed by atoms with E-state index in [0.29, 0.717) is 5.56 Å². The average molecular weight is 273 g/mol. The van der Waals surface area contributed by atoms with Gasteiger partial charge in [0.2, 0.25) is 0 Å². The third kappa shape index (κ3) is 2.32. The molecule has 0 atom stereocenters. The van der Waals surface area contributed by atoms with Crippen LogP contribution in [-0.4, -0.2) is 12.0 Å². The quantitative estimate of drug-likeness (QED) is 0.703. The monoisotopic (exact) mass is 273 g/mol. The van der Waals surface area contributed by atoms with Gasteiger partial charge in [0.15, 0.2) is 0 Å². The Labute approximate surface area is 124 Å². The molecule has 0 unspecified atom stereocenters. The van der Waals surface area contributed by atoms with Gasteiger partial charge in [-0.2, -0.15) is 5.26 Å². The molecule has 0 amide bonds. The average Bonchev–Trinajstić information content (AvgIpc) is 2.53. The minimum Gasteiger partial charge on any atom is -0.329 e. The molecule has 0 spiro atoms. The highest BCUT2D eigenvalue weighted by atomic mass is 15.2. The minimum absolute atomic E-state index is 0.649. The van der Waals surface area contributed by atoms with Crippen LogP contribution in [0.5, 0.6) is 0 Å². The molecule has 0 radical (unpaired) electrons. The van der Waals surface area contributed by atoms with Gasteiger partial charge >= 0.3 is 0 Å². The topological polar surface area (TPSA) is 39.9 Å². The molecule has 1 heterocycles. The molecule has 0 saturated carbocycles. The summed E-state index contributed by atoms with van der Waals surface area (Å²) in [6, 6.07) is 20.0. The highest BCUT2D eigenvalue weighted by Crippen LogP contribution is 2.28. The first-order valence-electron chi connectivity index (χ1n) is 6.80. The van der Waals surface area contributed by atoms with E-state index in [4.69, 9.17) is 0 Å². The Morgan fingerprint density at radius 2 is 1.76 bits per heavy atom. The van der Waals surface area contributed by atoms with Gasteiger partial charge in [-0.1, -0.05) is 36.4 Å². The van der Waals surface area contributed by atoms with Crippen LogP contribution in [0, 0.1) is 18.3 Å². The lowest BCUT2D eigenvalue weighted by Gasteiger charge is -2.21. The van der Waals surface area contributed by atoms with Crippen LogP contribution in [0.2, 0.25) is 0 Å². The molecule has 2 aromatic carbocycles. The zero-order valence-electron chi connectivity index (χ0n) is 12.0. The zero-order chi connectivity index (χ0) is 14.8. The second-order valence-corrected chi connectivity index (χ2v) is 5.00. The van der Waals surface area contributed by atoms with E-state index in [1.54, 1.807) is 0 Å². The molecule has 3 nitrogen and oxygen atoms in total. The number of hydrogen-bond donors (Lipinski definition) is 0. The minimum atomic E-state index is 0.649. The summed E-state index contributed by atoms with van der Waals surface area (Å²) in [4.78, 5) is 6.69. The van der Waals surface area contributed by atoms with Crippen molar-refractivity contribution in [3.05, 3.63) is 65.7 Å². The number of fused-ring (bicyclic) bond motifs is 1. The van der Waals surface area contributed by atoms with E-state index >= 15 is 0 Å². The second-order valence-electron chi connectivity index (χ2n) is 5.00. The Balaban J connectivity index is 2.17. The summed E-state index contributed by atoms with van der Waals surface area (Å²) < 4.78 is 0. The Bertz CT molecular complexity index is 846. The Kier molecular flexibility index (Phi) is 3.29. The van der Waals surface area contributed by atoms with Crippen LogP contribution >= 0.6 is 0 Å². The van der Waals surface area contributed by atoms with Crippen molar-refractivity contribution in [2.24, 2.45) is 0 Å². The van der Waals surface area contributed by atoms with Crippen LogP contribution in [0.15, 0.2) is 54.6 Å². The molecular weight excluding hydrogens is 258 g/mol. The lowest BCUT2D eigenvalue weighted by Crippen LogP contribution is -2.12. The fourth-order valence-corrected chi connectivity index (χ4v) is 2.49. The Morgan fingerprint density at radius 1 is 1.05 bits per heavy atom. The van der Waals surface area contributed by atoms with Gasteiger partial charge in [0.25, 0.3) is 0 Å². The highest BCUT2D eigenvalue weighted by molar-refractivity contribution is 5.87. The number of para-hydroxylation sites is 2. The van der Waals surface area contributed by atoms with Crippen LogP contribution in [0.25, 0.3) is 10.9 Å². The van der Waals surface area contributed by atoms with Crippen LogP contribution in [0.1, 0.15) is 11.1 Å². The maximum atomic E-state index is 9.37. The molecule has 0 aliphatic heterocycles. The summed E-state index contributed by atoms with van der Waals surface area (Å²) in [5.74, 6) is 0.777. The predicted molar refractivity (Wildman–Crippen MR) is 85.7 cm³/mol. The molecule has 0 fully saturated rings. The van der Waals surface area contributed by atoms with Gasteiger partial charge in [0.1, 0.15) is 5.82 Å². The fraction of sp³-hybridized carbons (Fsp3) is 0.111. The van der Waals surface area contributed by atoms with Crippen molar-refractivity contribution in [2.75, 3.05) is 11.9 Å². The number of aromatic nitrogens is 1. The number of hydrogen-bond acceptors (Lipinski definition) is 3. The third-order valence-corrected chi connectivity index (χ3v) is 3.64. The first-order chi connectivity index (χ1) is 10.2. The van der Waals surface area contributed by atoms with E-state index in [1.165, 1.54) is 5.56 Å². The van der Waals surface area contributed by atoms with Crippen molar-refractivity contribution in [1.82, 2.24) is 4.98 Å². The van der Waals surface area contributed by atoms with E-state index in [-0.39, 0.29) is 0 Å². The molecule has 0 aliphatic carbocycles. The normalized spacial score (nSPS) is 10.3. The van der Waals surface area contributed by atoms with Crippen molar-refractivity contribution in [3.63, 3.8) is 0 Å². The predicted octanol–water partition coefficient (Wildman–Crippen LogP) is 4.18. The first kappa shape index (κ1) is 13.1. The van der Waals surface area contributed by atoms with Crippen LogP contribution in [0.3, 0.4) is 0 Å². The van der Waals surface area contributed by atoms with Gasteiger partial charge in [0.05, 0.1) is 17.1 Å². The van der Waals surface area contributed by atoms with E-state index in [2.05, 4.69) is 30.1 Å². The lowest BCUT2D eigenvalue weighted by atomic mass is 10.1. The highest BCUT2D eigenvalue weighted by Gasteiger charge is 2.11. The number of nitriles is 1. The van der Waals surface area contributed by atoms with Crippen molar-refractivity contribution in [2.45, 2.75) is 6.92 Å². The van der Waals surface area contributed by atoms with Gasteiger partial charge in [-0.15, -0.1) is 0 Å². The van der Waals surface area contributed by atoms with Crippen LogP contribution in [-0.2, 0) is 0 Å². The number of aryl methyl sites for hydroxylation is 1. The molecular formula is C18H15N3. The smallest absolute Gasteiger partial charge is 0.134 e. The van der Waals surface area contributed by atoms with Crippen molar-refractivity contribution >= 4 is 22.4 Å². The molecule has 0 aliphatic rings.